The number of aryl methyl sites for hydroxylation is 3. The van der Waals surface area contributed by atoms with E-state index in [2.05, 4.69) is 50.7 Å². The topological polar surface area (TPSA) is 94.8 Å². The zero-order valence-electron chi connectivity index (χ0n) is 21.3. The molecule has 3 aromatic rings. The lowest BCUT2D eigenvalue weighted by Gasteiger charge is -2.12. The van der Waals surface area contributed by atoms with Gasteiger partial charge in [0.25, 0.3) is 0 Å². The molecule has 6 heteroatoms. The molecule has 0 amide bonds. The van der Waals surface area contributed by atoms with Crippen LogP contribution in [-0.2, 0) is 25.9 Å². The Morgan fingerprint density at radius 1 is 1.06 bits per heavy atom. The normalized spacial score (nSPS) is 13.0. The Morgan fingerprint density at radius 3 is 2.63 bits per heavy atom. The van der Waals surface area contributed by atoms with Crippen LogP contribution >= 0.6 is 0 Å². The maximum Gasteiger partial charge on any atom is 0.0784 e. The van der Waals surface area contributed by atoms with Gasteiger partial charge in [-0.1, -0.05) is 24.8 Å². The summed E-state index contributed by atoms with van der Waals surface area (Å²) in [5, 5.41) is 4.69. The minimum absolute atomic E-state index is 0.672. The molecule has 0 aromatic carbocycles. The number of fused-ring (bicyclic) bond motifs is 2. The Hall–Kier alpha value is -2.80. The van der Waals surface area contributed by atoms with Gasteiger partial charge in [0, 0.05) is 47.8 Å². The molecule has 5 N–H and O–H groups in total. The first kappa shape index (κ1) is 26.8. The average molecular weight is 475 g/mol. The summed E-state index contributed by atoms with van der Waals surface area (Å²) < 4.78 is 2.34. The molecule has 1 aliphatic rings. The molecule has 188 valence electrons. The van der Waals surface area contributed by atoms with Crippen molar-refractivity contribution in [3.05, 3.63) is 71.5 Å². The van der Waals surface area contributed by atoms with E-state index >= 15 is 0 Å². The molecule has 0 spiro atoms. The number of nitrogens with one attached hydrogen (secondary N) is 1. The molecule has 0 fully saturated rings. The molecule has 6 nitrogen and oxygen atoms in total. The van der Waals surface area contributed by atoms with Crippen LogP contribution in [0.15, 0.2) is 43.2 Å². The van der Waals surface area contributed by atoms with E-state index in [0.717, 1.165) is 56.7 Å². The third-order valence-electron chi connectivity index (χ3n) is 6.44. The number of aromatic nitrogens is 3. The zero-order chi connectivity index (χ0) is 24.9. The summed E-state index contributed by atoms with van der Waals surface area (Å²) in [7, 11) is 0. The van der Waals surface area contributed by atoms with Crippen LogP contribution in [-0.4, -0.2) is 34.2 Å². The summed E-state index contributed by atoms with van der Waals surface area (Å²) in [5.41, 5.74) is 18.7. The van der Waals surface area contributed by atoms with Gasteiger partial charge in [0.05, 0.1) is 11.2 Å². The van der Waals surface area contributed by atoms with Crippen LogP contribution in [0, 0.1) is 0 Å². The van der Waals surface area contributed by atoms with Crippen LogP contribution in [0.3, 0.4) is 0 Å². The second kappa shape index (κ2) is 14.6. The fourth-order valence-corrected chi connectivity index (χ4v) is 4.72. The van der Waals surface area contributed by atoms with Crippen LogP contribution in [0.1, 0.15) is 67.2 Å². The van der Waals surface area contributed by atoms with Crippen molar-refractivity contribution in [2.45, 2.75) is 65.0 Å². The number of unbranched alkanes of at least 4 members (excludes halogenated alkanes) is 1. The Kier molecular flexibility index (Phi) is 11.2. The van der Waals surface area contributed by atoms with Gasteiger partial charge in [0.15, 0.2) is 0 Å². The largest absolute Gasteiger partial charge is 0.339 e. The standard InChI is InChI=1S/C20H31N5.C9H11N/c1-3-8-19-16(4-2)17-9-13-24-18(15-23-12-6-5-10-21)20(17)25(19)14-7-11-22;1-2-6-9-8(4-1)5-3-7-10-9/h3-4,8-9,13,23H,2,5-7,10-12,14-15,21-22H2,1H3;3,5,7H,1-2,4,6H2/b8-3-;. The second-order valence-corrected chi connectivity index (χ2v) is 8.94. The first-order chi connectivity index (χ1) is 17.2. The van der Waals surface area contributed by atoms with E-state index in [1.165, 1.54) is 53.5 Å². The van der Waals surface area contributed by atoms with Crippen LogP contribution in [0.2, 0.25) is 0 Å². The smallest absolute Gasteiger partial charge is 0.0784 e. The monoisotopic (exact) mass is 474 g/mol. The van der Waals surface area contributed by atoms with Gasteiger partial charge in [0.2, 0.25) is 0 Å². The number of nitrogens with zero attached hydrogens (tertiary/aromatic N) is 3. The molecule has 0 bridgehead atoms. The summed E-state index contributed by atoms with van der Waals surface area (Å²) in [6.07, 6.45) is 18.1. The Morgan fingerprint density at radius 2 is 1.89 bits per heavy atom. The van der Waals surface area contributed by atoms with Gasteiger partial charge in [-0.2, -0.15) is 0 Å². The summed E-state index contributed by atoms with van der Waals surface area (Å²) in [6, 6.07) is 6.31. The van der Waals surface area contributed by atoms with E-state index < -0.39 is 0 Å². The van der Waals surface area contributed by atoms with Crippen molar-refractivity contribution in [1.29, 1.82) is 0 Å². The SMILES string of the molecule is C=Cc1c(/C=C\C)n(CCCN)c2c(CNCCCCN)nccc12.c1cnc2c(c1)CCCC2. The molecule has 1 aliphatic carbocycles. The molecule has 0 saturated heterocycles. The number of pyridine rings is 2. The molecule has 0 aliphatic heterocycles. The van der Waals surface area contributed by atoms with Crippen LogP contribution in [0.5, 0.6) is 0 Å². The van der Waals surface area contributed by atoms with E-state index in [-0.39, 0.29) is 0 Å². The van der Waals surface area contributed by atoms with Crippen molar-refractivity contribution >= 4 is 23.1 Å². The van der Waals surface area contributed by atoms with Crippen LogP contribution in [0.4, 0.5) is 0 Å². The third-order valence-corrected chi connectivity index (χ3v) is 6.44. The lowest BCUT2D eigenvalue weighted by molar-refractivity contribution is 0.617. The van der Waals surface area contributed by atoms with Crippen LogP contribution in [0.25, 0.3) is 23.1 Å². The number of hydrogen-bond donors (Lipinski definition) is 3. The Balaban J connectivity index is 0.000000281. The van der Waals surface area contributed by atoms with Gasteiger partial charge in [0.1, 0.15) is 0 Å². The molecule has 0 unspecified atom stereocenters. The highest BCUT2D eigenvalue weighted by Gasteiger charge is 2.16. The maximum atomic E-state index is 5.76. The first-order valence-corrected chi connectivity index (χ1v) is 13.0. The predicted molar refractivity (Wildman–Crippen MR) is 149 cm³/mol. The number of nitrogens with two attached hydrogens (primary N) is 2. The highest BCUT2D eigenvalue weighted by Crippen LogP contribution is 2.30. The zero-order valence-corrected chi connectivity index (χ0v) is 21.3. The molecule has 4 rings (SSSR count). The van der Waals surface area contributed by atoms with Gasteiger partial charge in [-0.3, -0.25) is 9.97 Å². The quantitative estimate of drug-likeness (QED) is 0.345. The van der Waals surface area contributed by atoms with E-state index in [1.54, 1.807) is 0 Å². The van der Waals surface area contributed by atoms with Gasteiger partial charge in [-0.15, -0.1) is 0 Å². The highest BCUT2D eigenvalue weighted by atomic mass is 15.0. The van der Waals surface area contributed by atoms with Crippen LogP contribution < -0.4 is 16.8 Å². The van der Waals surface area contributed by atoms with Crippen molar-refractivity contribution in [2.75, 3.05) is 19.6 Å². The minimum atomic E-state index is 0.672. The van der Waals surface area contributed by atoms with Crippen molar-refractivity contribution in [3.8, 4) is 0 Å². The van der Waals surface area contributed by atoms with E-state index in [0.29, 0.717) is 6.54 Å². The van der Waals surface area contributed by atoms with E-state index in [9.17, 15) is 0 Å². The number of allylic oxidation sites excluding steroid dienone is 1. The molecular formula is C29H42N6. The Bertz CT molecular complexity index is 1070. The van der Waals surface area contributed by atoms with Crippen molar-refractivity contribution in [1.82, 2.24) is 19.9 Å². The highest BCUT2D eigenvalue weighted by molar-refractivity contribution is 5.94. The predicted octanol–water partition coefficient (Wildman–Crippen LogP) is 4.85. The van der Waals surface area contributed by atoms with Crippen molar-refractivity contribution in [3.63, 3.8) is 0 Å². The fraction of sp³-hybridized carbons (Fsp3) is 0.448. The summed E-state index contributed by atoms with van der Waals surface area (Å²) in [5.74, 6) is 0. The second-order valence-electron chi connectivity index (χ2n) is 8.94. The lowest BCUT2D eigenvalue weighted by Crippen LogP contribution is -2.17. The Labute approximate surface area is 210 Å². The summed E-state index contributed by atoms with van der Waals surface area (Å²) in [4.78, 5) is 8.96. The lowest BCUT2D eigenvalue weighted by atomic mass is 9.96. The van der Waals surface area contributed by atoms with Gasteiger partial charge in [-0.25, -0.2) is 0 Å². The van der Waals surface area contributed by atoms with Gasteiger partial charge >= 0.3 is 0 Å². The molecule has 0 saturated carbocycles. The molecule has 35 heavy (non-hydrogen) atoms. The molecule has 3 aromatic heterocycles. The molecule has 0 radical (unpaired) electrons. The maximum absolute atomic E-state index is 5.76. The number of hydrogen-bond acceptors (Lipinski definition) is 5. The fourth-order valence-electron chi connectivity index (χ4n) is 4.72. The van der Waals surface area contributed by atoms with E-state index in [1.807, 2.05) is 31.5 Å². The van der Waals surface area contributed by atoms with Gasteiger partial charge in [-0.05, 0) is 95.3 Å². The first-order valence-electron chi connectivity index (χ1n) is 13.0. The summed E-state index contributed by atoms with van der Waals surface area (Å²) >= 11 is 0. The van der Waals surface area contributed by atoms with E-state index in [4.69, 9.17) is 11.5 Å². The van der Waals surface area contributed by atoms with Crippen molar-refractivity contribution < 1.29 is 0 Å². The molecular weight excluding hydrogens is 432 g/mol. The third kappa shape index (κ3) is 7.10. The minimum Gasteiger partial charge on any atom is -0.339 e. The van der Waals surface area contributed by atoms with Crippen molar-refractivity contribution in [2.24, 2.45) is 11.5 Å². The molecule has 3 heterocycles. The number of rotatable bonds is 11. The summed E-state index contributed by atoms with van der Waals surface area (Å²) in [6.45, 7) is 10.1. The molecule has 0 atom stereocenters. The van der Waals surface area contributed by atoms with Gasteiger partial charge < -0.3 is 21.4 Å². The average Bonchev–Trinajstić information content (AvgIpc) is 3.20.